The van der Waals surface area contributed by atoms with Crippen LogP contribution < -0.4 is 5.73 Å². The molecule has 0 heterocycles. The standard InChI is InChI=1S/C22H23F2NO4/c1-11-7-13(3-5-18(11)23)16(14-4-6-19(24)12(2)8-14)10-22(25,21(28)29)17-9-15(17)20(26)27/h3-8,15-17H,9-10,25H2,1-2H3,(H,26,27)(H,28,29). The lowest BCUT2D eigenvalue weighted by atomic mass is 9.77. The number of carbonyl (C=O) groups is 2. The molecule has 0 radical (unpaired) electrons. The van der Waals surface area contributed by atoms with Crippen molar-refractivity contribution >= 4 is 11.9 Å². The fraction of sp³-hybridized carbons (Fsp3) is 0.364. The molecular weight excluding hydrogens is 380 g/mol. The van der Waals surface area contributed by atoms with Gasteiger partial charge in [0.25, 0.3) is 0 Å². The van der Waals surface area contributed by atoms with E-state index in [1.807, 2.05) is 0 Å². The maximum absolute atomic E-state index is 13.8. The van der Waals surface area contributed by atoms with Gasteiger partial charge in [0.1, 0.15) is 17.2 Å². The first kappa shape index (κ1) is 20.9. The third-order valence-corrected chi connectivity index (χ3v) is 5.88. The second kappa shape index (κ2) is 7.55. The molecule has 1 saturated carbocycles. The number of halogens is 2. The Hall–Kier alpha value is -2.80. The smallest absolute Gasteiger partial charge is 0.324 e. The average molecular weight is 403 g/mol. The van der Waals surface area contributed by atoms with Crippen molar-refractivity contribution in [2.24, 2.45) is 17.6 Å². The van der Waals surface area contributed by atoms with Gasteiger partial charge in [-0.15, -0.1) is 0 Å². The lowest BCUT2D eigenvalue weighted by Crippen LogP contribution is -2.52. The molecule has 5 nitrogen and oxygen atoms in total. The van der Waals surface area contributed by atoms with Gasteiger partial charge in [0.05, 0.1) is 5.92 Å². The normalized spacial score (nSPS) is 20.3. The molecule has 2 aromatic rings. The fourth-order valence-electron chi connectivity index (χ4n) is 3.97. The summed E-state index contributed by atoms with van der Waals surface area (Å²) in [5.41, 5.74) is 6.55. The predicted molar refractivity (Wildman–Crippen MR) is 103 cm³/mol. The Labute approximate surface area is 167 Å². The van der Waals surface area contributed by atoms with Crippen LogP contribution in [0.5, 0.6) is 0 Å². The van der Waals surface area contributed by atoms with Gasteiger partial charge in [-0.25, -0.2) is 8.78 Å². The highest BCUT2D eigenvalue weighted by Crippen LogP contribution is 2.49. The predicted octanol–water partition coefficient (Wildman–Crippen LogP) is 3.61. The number of nitrogens with two attached hydrogens (primary N) is 1. The lowest BCUT2D eigenvalue weighted by molar-refractivity contribution is -0.145. The number of hydrogen-bond donors (Lipinski definition) is 3. The Balaban J connectivity index is 2.06. The second-order valence-electron chi connectivity index (χ2n) is 7.91. The fourth-order valence-corrected chi connectivity index (χ4v) is 3.97. The summed E-state index contributed by atoms with van der Waals surface area (Å²) in [7, 11) is 0. The Morgan fingerprint density at radius 3 is 1.90 bits per heavy atom. The Morgan fingerprint density at radius 1 is 1.07 bits per heavy atom. The molecule has 29 heavy (non-hydrogen) atoms. The molecule has 0 aliphatic heterocycles. The van der Waals surface area contributed by atoms with Crippen molar-refractivity contribution in [1.82, 2.24) is 0 Å². The molecule has 0 amide bonds. The van der Waals surface area contributed by atoms with Crippen molar-refractivity contribution in [3.63, 3.8) is 0 Å². The summed E-state index contributed by atoms with van der Waals surface area (Å²) in [5, 5.41) is 19.1. The maximum atomic E-state index is 13.8. The van der Waals surface area contributed by atoms with Gasteiger partial charge in [0.2, 0.25) is 0 Å². The van der Waals surface area contributed by atoms with Crippen LogP contribution >= 0.6 is 0 Å². The van der Waals surface area contributed by atoms with Crippen LogP contribution in [0.2, 0.25) is 0 Å². The molecule has 0 spiro atoms. The summed E-state index contributed by atoms with van der Waals surface area (Å²) in [4.78, 5) is 23.4. The molecule has 7 heteroatoms. The number of carboxylic acids is 2. The van der Waals surface area contributed by atoms with Crippen molar-refractivity contribution in [2.75, 3.05) is 0 Å². The van der Waals surface area contributed by atoms with Gasteiger partial charge in [0, 0.05) is 11.8 Å². The van der Waals surface area contributed by atoms with Crippen LogP contribution in [-0.4, -0.2) is 27.7 Å². The Morgan fingerprint density at radius 2 is 1.55 bits per heavy atom. The monoisotopic (exact) mass is 403 g/mol. The van der Waals surface area contributed by atoms with Crippen LogP contribution in [0.15, 0.2) is 36.4 Å². The maximum Gasteiger partial charge on any atom is 0.324 e. The first-order valence-electron chi connectivity index (χ1n) is 9.31. The average Bonchev–Trinajstić information content (AvgIpc) is 3.46. The van der Waals surface area contributed by atoms with E-state index in [9.17, 15) is 28.6 Å². The van der Waals surface area contributed by atoms with E-state index in [-0.39, 0.29) is 12.8 Å². The lowest BCUT2D eigenvalue weighted by Gasteiger charge is -2.31. The van der Waals surface area contributed by atoms with Crippen molar-refractivity contribution in [2.45, 2.75) is 38.1 Å². The minimum Gasteiger partial charge on any atom is -0.481 e. The highest BCUT2D eigenvalue weighted by molar-refractivity contribution is 5.83. The van der Waals surface area contributed by atoms with E-state index in [1.165, 1.54) is 12.1 Å². The zero-order valence-corrected chi connectivity index (χ0v) is 16.2. The zero-order valence-electron chi connectivity index (χ0n) is 16.2. The minimum atomic E-state index is -1.78. The molecule has 4 N–H and O–H groups in total. The molecule has 2 aromatic carbocycles. The summed E-state index contributed by atoms with van der Waals surface area (Å²) in [6.45, 7) is 3.19. The zero-order chi connectivity index (χ0) is 21.5. The van der Waals surface area contributed by atoms with Crippen molar-refractivity contribution in [3.8, 4) is 0 Å². The summed E-state index contributed by atoms with van der Waals surface area (Å²) >= 11 is 0. The molecule has 3 unspecified atom stereocenters. The number of carboxylic acid groups (broad SMARTS) is 2. The van der Waals surface area contributed by atoms with E-state index in [2.05, 4.69) is 0 Å². The molecule has 1 aliphatic carbocycles. The summed E-state index contributed by atoms with van der Waals surface area (Å²) < 4.78 is 27.6. The van der Waals surface area contributed by atoms with Gasteiger partial charge in [-0.05, 0) is 61.1 Å². The van der Waals surface area contributed by atoms with Gasteiger partial charge in [-0.3, -0.25) is 9.59 Å². The number of aliphatic carboxylic acids is 2. The van der Waals surface area contributed by atoms with Crippen LogP contribution in [0.25, 0.3) is 0 Å². The summed E-state index contributed by atoms with van der Waals surface area (Å²) in [6.07, 6.45) is 0.0999. The second-order valence-corrected chi connectivity index (χ2v) is 7.91. The summed E-state index contributed by atoms with van der Waals surface area (Å²) in [6, 6.07) is 8.92. The van der Waals surface area contributed by atoms with Crippen LogP contribution in [-0.2, 0) is 9.59 Å². The minimum absolute atomic E-state index is 0.0904. The number of hydrogen-bond acceptors (Lipinski definition) is 3. The van der Waals surface area contributed by atoms with Crippen molar-refractivity contribution in [3.05, 3.63) is 70.3 Å². The molecule has 1 fully saturated rings. The van der Waals surface area contributed by atoms with Gasteiger partial charge < -0.3 is 15.9 Å². The highest BCUT2D eigenvalue weighted by Gasteiger charge is 2.59. The van der Waals surface area contributed by atoms with Crippen molar-refractivity contribution in [1.29, 1.82) is 0 Å². The number of benzene rings is 2. The van der Waals surface area contributed by atoms with Crippen molar-refractivity contribution < 1.29 is 28.6 Å². The topological polar surface area (TPSA) is 101 Å². The van der Waals surface area contributed by atoms with E-state index in [0.29, 0.717) is 22.3 Å². The van der Waals surface area contributed by atoms with Crippen LogP contribution in [0, 0.1) is 37.3 Å². The van der Waals surface area contributed by atoms with Crippen LogP contribution in [0.1, 0.15) is 41.0 Å². The molecule has 0 saturated heterocycles. The molecule has 154 valence electrons. The Bertz CT molecular complexity index is 926. The highest BCUT2D eigenvalue weighted by atomic mass is 19.1. The van der Waals surface area contributed by atoms with Gasteiger partial charge in [-0.2, -0.15) is 0 Å². The number of rotatable bonds is 7. The first-order chi connectivity index (χ1) is 13.5. The molecular formula is C22H23F2NO4. The van der Waals surface area contributed by atoms with E-state index in [4.69, 9.17) is 5.73 Å². The van der Waals surface area contributed by atoms with Gasteiger partial charge >= 0.3 is 11.9 Å². The number of aryl methyl sites for hydroxylation is 2. The first-order valence-corrected chi connectivity index (χ1v) is 9.31. The van der Waals surface area contributed by atoms with E-state index >= 15 is 0 Å². The van der Waals surface area contributed by atoms with Crippen LogP contribution in [0.4, 0.5) is 8.78 Å². The molecule has 1 aliphatic rings. The molecule has 3 rings (SSSR count). The third kappa shape index (κ3) is 4.00. The molecule has 0 aromatic heterocycles. The quantitative estimate of drug-likeness (QED) is 0.656. The molecule has 3 atom stereocenters. The largest absolute Gasteiger partial charge is 0.481 e. The van der Waals surface area contributed by atoms with Crippen LogP contribution in [0.3, 0.4) is 0 Å². The Kier molecular flexibility index (Phi) is 5.45. The van der Waals surface area contributed by atoms with Gasteiger partial charge in [0.15, 0.2) is 0 Å². The third-order valence-electron chi connectivity index (χ3n) is 5.88. The van der Waals surface area contributed by atoms with Gasteiger partial charge in [-0.1, -0.05) is 24.3 Å². The molecule has 0 bridgehead atoms. The van der Waals surface area contributed by atoms with E-state index in [0.717, 1.165) is 0 Å². The van der Waals surface area contributed by atoms with E-state index in [1.54, 1.807) is 38.1 Å². The SMILES string of the molecule is Cc1cc(C(CC(N)(C(=O)O)C2CC2C(=O)O)c2ccc(F)c(C)c2)ccc1F. The summed E-state index contributed by atoms with van der Waals surface area (Å²) in [5.74, 6) is -5.22. The van der Waals surface area contributed by atoms with E-state index < -0.39 is 46.9 Å².